The van der Waals surface area contributed by atoms with Crippen LogP contribution in [0.3, 0.4) is 0 Å². The average molecular weight is 388 g/mol. The third-order valence-corrected chi connectivity index (χ3v) is 5.43. The molecule has 0 spiro atoms. The summed E-state index contributed by atoms with van der Waals surface area (Å²) in [6, 6.07) is 14.8. The molecule has 1 atom stereocenters. The highest BCUT2D eigenvalue weighted by molar-refractivity contribution is 5.81. The number of hydrogen-bond donors (Lipinski definition) is 1. The first kappa shape index (κ1) is 17.8. The highest BCUT2D eigenvalue weighted by atomic mass is 19.1. The van der Waals surface area contributed by atoms with Gasteiger partial charge in [0, 0.05) is 37.1 Å². The smallest absolute Gasteiger partial charge is 0.167 e. The largest absolute Gasteiger partial charge is 0.355 e. The van der Waals surface area contributed by atoms with E-state index in [1.807, 2.05) is 35.9 Å². The Labute approximate surface area is 168 Å². The minimum absolute atomic E-state index is 0.270. The first-order valence-corrected chi connectivity index (χ1v) is 9.71. The third-order valence-electron chi connectivity index (χ3n) is 5.43. The van der Waals surface area contributed by atoms with Crippen molar-refractivity contribution in [1.82, 2.24) is 24.8 Å². The van der Waals surface area contributed by atoms with Gasteiger partial charge >= 0.3 is 0 Å². The molecular weight excluding hydrogens is 367 g/mol. The van der Waals surface area contributed by atoms with Crippen molar-refractivity contribution in [1.29, 1.82) is 0 Å². The van der Waals surface area contributed by atoms with E-state index in [1.54, 1.807) is 24.5 Å². The Morgan fingerprint density at radius 1 is 1.00 bits per heavy atom. The van der Waals surface area contributed by atoms with Crippen molar-refractivity contribution in [2.75, 3.05) is 25.0 Å². The Balaban J connectivity index is 1.68. The van der Waals surface area contributed by atoms with Gasteiger partial charge in [0.25, 0.3) is 0 Å². The van der Waals surface area contributed by atoms with Crippen molar-refractivity contribution in [2.45, 2.75) is 12.5 Å². The summed E-state index contributed by atoms with van der Waals surface area (Å²) in [5.41, 5.74) is 3.33. The van der Waals surface area contributed by atoms with Gasteiger partial charge in [-0.15, -0.1) is 0 Å². The van der Waals surface area contributed by atoms with Crippen LogP contribution in [0.1, 0.15) is 6.42 Å². The number of likely N-dealkylation sites (N-methyl/N-ethyl adjacent to an activating group) is 1. The fraction of sp³-hybridized carbons (Fsp3) is 0.227. The predicted octanol–water partition coefficient (Wildman–Crippen LogP) is 3.42. The van der Waals surface area contributed by atoms with Crippen LogP contribution in [0.2, 0.25) is 0 Å². The number of rotatable bonds is 4. The zero-order valence-electron chi connectivity index (χ0n) is 16.1. The summed E-state index contributed by atoms with van der Waals surface area (Å²) in [5.74, 6) is 1.40. The summed E-state index contributed by atoms with van der Waals surface area (Å²) in [5, 5.41) is 3.34. The molecule has 7 heteroatoms. The molecule has 4 heterocycles. The second kappa shape index (κ2) is 7.25. The lowest BCUT2D eigenvalue weighted by atomic mass is 10.2. The molecule has 0 radical (unpaired) electrons. The number of pyridine rings is 2. The summed E-state index contributed by atoms with van der Waals surface area (Å²) in [6.07, 6.45) is 4.59. The van der Waals surface area contributed by atoms with Crippen LogP contribution >= 0.6 is 0 Å². The summed E-state index contributed by atoms with van der Waals surface area (Å²) >= 11 is 0. The molecule has 6 nitrogen and oxygen atoms in total. The molecule has 1 aromatic carbocycles. The van der Waals surface area contributed by atoms with E-state index in [9.17, 15) is 4.39 Å². The van der Waals surface area contributed by atoms with Crippen molar-refractivity contribution in [2.24, 2.45) is 0 Å². The van der Waals surface area contributed by atoms with Crippen LogP contribution in [-0.2, 0) is 0 Å². The van der Waals surface area contributed by atoms with Gasteiger partial charge in [0.15, 0.2) is 5.65 Å². The SMILES string of the molecule is CNC1CCN(c2ccc3nc(-c4ccc(F)cc4)n(-c4ccncc4)c3n2)C1. The molecule has 1 saturated heterocycles. The van der Waals surface area contributed by atoms with Gasteiger partial charge < -0.3 is 10.2 Å². The molecule has 4 aromatic rings. The Morgan fingerprint density at radius 2 is 1.79 bits per heavy atom. The Kier molecular flexibility index (Phi) is 4.44. The highest BCUT2D eigenvalue weighted by Crippen LogP contribution is 2.29. The second-order valence-corrected chi connectivity index (χ2v) is 7.22. The van der Waals surface area contributed by atoms with Gasteiger partial charge in [-0.25, -0.2) is 14.4 Å². The topological polar surface area (TPSA) is 58.9 Å². The fourth-order valence-electron chi connectivity index (χ4n) is 3.86. The molecule has 0 saturated carbocycles. The molecule has 1 N–H and O–H groups in total. The standard InChI is InChI=1S/C22H21FN6/c1-24-17-10-13-28(14-17)20-7-6-19-22(27-20)29(18-8-11-25-12-9-18)21(26-19)15-2-4-16(23)5-3-15/h2-9,11-12,17,24H,10,13-14H2,1H3. The van der Waals surface area contributed by atoms with Gasteiger partial charge in [0.05, 0.1) is 5.69 Å². The van der Waals surface area contributed by atoms with Crippen molar-refractivity contribution >= 4 is 17.0 Å². The van der Waals surface area contributed by atoms with Crippen LogP contribution < -0.4 is 10.2 Å². The normalized spacial score (nSPS) is 16.6. The third kappa shape index (κ3) is 3.23. The van der Waals surface area contributed by atoms with Crippen LogP contribution in [-0.4, -0.2) is 45.7 Å². The predicted molar refractivity (Wildman–Crippen MR) is 112 cm³/mol. The average Bonchev–Trinajstić information content (AvgIpc) is 3.39. The Hall–Kier alpha value is -3.32. The van der Waals surface area contributed by atoms with Crippen molar-refractivity contribution in [3.05, 3.63) is 66.7 Å². The lowest BCUT2D eigenvalue weighted by molar-refractivity contribution is 0.616. The lowest BCUT2D eigenvalue weighted by Gasteiger charge is -2.17. The minimum atomic E-state index is -0.270. The summed E-state index contributed by atoms with van der Waals surface area (Å²) in [6.45, 7) is 1.90. The maximum absolute atomic E-state index is 13.5. The second-order valence-electron chi connectivity index (χ2n) is 7.22. The summed E-state index contributed by atoms with van der Waals surface area (Å²) in [7, 11) is 2.00. The Bertz CT molecular complexity index is 1140. The van der Waals surface area contributed by atoms with E-state index >= 15 is 0 Å². The monoisotopic (exact) mass is 388 g/mol. The van der Waals surface area contributed by atoms with Gasteiger partial charge in [0.1, 0.15) is 23.0 Å². The molecular formula is C22H21FN6. The van der Waals surface area contributed by atoms with E-state index in [-0.39, 0.29) is 5.82 Å². The van der Waals surface area contributed by atoms with Gasteiger partial charge in [-0.3, -0.25) is 9.55 Å². The number of imidazole rings is 1. The molecule has 146 valence electrons. The zero-order chi connectivity index (χ0) is 19.8. The molecule has 1 aliphatic rings. The van der Waals surface area contributed by atoms with Crippen LogP contribution in [0.25, 0.3) is 28.2 Å². The lowest BCUT2D eigenvalue weighted by Crippen LogP contribution is -2.29. The number of nitrogens with zero attached hydrogens (tertiary/aromatic N) is 5. The maximum Gasteiger partial charge on any atom is 0.167 e. The zero-order valence-corrected chi connectivity index (χ0v) is 16.1. The molecule has 5 rings (SSSR count). The Morgan fingerprint density at radius 3 is 2.52 bits per heavy atom. The van der Waals surface area contributed by atoms with Gasteiger partial charge in [-0.2, -0.15) is 0 Å². The van der Waals surface area contributed by atoms with E-state index in [0.717, 1.165) is 53.6 Å². The van der Waals surface area contributed by atoms with Gasteiger partial charge in [0.2, 0.25) is 0 Å². The summed E-state index contributed by atoms with van der Waals surface area (Å²) in [4.78, 5) is 16.2. The van der Waals surface area contributed by atoms with Crippen LogP contribution in [0.15, 0.2) is 60.9 Å². The first-order valence-electron chi connectivity index (χ1n) is 9.71. The number of anilines is 1. The van der Waals surface area contributed by atoms with E-state index in [4.69, 9.17) is 9.97 Å². The number of halogens is 1. The van der Waals surface area contributed by atoms with E-state index in [0.29, 0.717) is 6.04 Å². The molecule has 1 aliphatic heterocycles. The molecule has 3 aromatic heterocycles. The van der Waals surface area contributed by atoms with Crippen molar-refractivity contribution < 1.29 is 4.39 Å². The number of hydrogen-bond acceptors (Lipinski definition) is 5. The number of benzene rings is 1. The molecule has 0 aliphatic carbocycles. The van der Waals surface area contributed by atoms with Crippen molar-refractivity contribution in [3.8, 4) is 17.1 Å². The van der Waals surface area contributed by atoms with E-state index < -0.39 is 0 Å². The molecule has 0 amide bonds. The quantitative estimate of drug-likeness (QED) is 0.581. The molecule has 29 heavy (non-hydrogen) atoms. The van der Waals surface area contributed by atoms with Gasteiger partial charge in [-0.05, 0) is 62.0 Å². The van der Waals surface area contributed by atoms with Crippen LogP contribution in [0.4, 0.5) is 10.2 Å². The molecule has 1 fully saturated rings. The fourth-order valence-corrected chi connectivity index (χ4v) is 3.86. The van der Waals surface area contributed by atoms with Gasteiger partial charge in [-0.1, -0.05) is 0 Å². The molecule has 0 bridgehead atoms. The highest BCUT2D eigenvalue weighted by Gasteiger charge is 2.23. The minimum Gasteiger partial charge on any atom is -0.355 e. The van der Waals surface area contributed by atoms with E-state index in [2.05, 4.69) is 15.2 Å². The van der Waals surface area contributed by atoms with Crippen LogP contribution in [0, 0.1) is 5.82 Å². The number of nitrogens with one attached hydrogen (secondary N) is 1. The maximum atomic E-state index is 13.5. The number of aromatic nitrogens is 4. The van der Waals surface area contributed by atoms with Crippen LogP contribution in [0.5, 0.6) is 0 Å². The van der Waals surface area contributed by atoms with Crippen molar-refractivity contribution in [3.63, 3.8) is 0 Å². The number of fused-ring (bicyclic) bond motifs is 1. The summed E-state index contributed by atoms with van der Waals surface area (Å²) < 4.78 is 15.5. The molecule has 1 unspecified atom stereocenters. The van der Waals surface area contributed by atoms with E-state index in [1.165, 1.54) is 12.1 Å². The first-order chi connectivity index (χ1) is 14.2.